The van der Waals surface area contributed by atoms with E-state index in [9.17, 15) is 0 Å². The number of hydrogen-bond acceptors (Lipinski definition) is 2. The summed E-state index contributed by atoms with van der Waals surface area (Å²) in [6.45, 7) is 5.10. The summed E-state index contributed by atoms with van der Waals surface area (Å²) < 4.78 is 5.24. The highest BCUT2D eigenvalue weighted by molar-refractivity contribution is 5.19. The maximum Gasteiger partial charge on any atom is 0.0657 e. The Kier molecular flexibility index (Phi) is 5.37. The summed E-state index contributed by atoms with van der Waals surface area (Å²) >= 11 is 0. The van der Waals surface area contributed by atoms with E-state index in [-0.39, 0.29) is 0 Å². The molecular weight excluding hydrogens is 186 g/mol. The molecule has 1 rings (SSSR count). The highest BCUT2D eigenvalue weighted by Gasteiger charge is 2.12. The number of benzene rings is 1. The van der Waals surface area contributed by atoms with Crippen LogP contribution >= 0.6 is 0 Å². The molecule has 1 N–H and O–H groups in total. The fourth-order valence-electron chi connectivity index (χ4n) is 1.55. The molecule has 0 radical (unpaired) electrons. The molecule has 2 heteroatoms. The van der Waals surface area contributed by atoms with Crippen LogP contribution in [0.15, 0.2) is 30.3 Å². The molecule has 0 fully saturated rings. The van der Waals surface area contributed by atoms with Gasteiger partial charge in [-0.25, -0.2) is 0 Å². The van der Waals surface area contributed by atoms with E-state index in [4.69, 9.17) is 4.74 Å². The van der Waals surface area contributed by atoms with Crippen molar-refractivity contribution in [3.63, 3.8) is 0 Å². The SMILES string of the molecule is CC[C@@H](C)N[C@@H](COC)c1ccccc1. The molecule has 2 nitrogen and oxygen atoms in total. The largest absolute Gasteiger partial charge is 0.383 e. The molecule has 1 aromatic carbocycles. The van der Waals surface area contributed by atoms with E-state index in [1.807, 2.05) is 6.07 Å². The van der Waals surface area contributed by atoms with Gasteiger partial charge in [0.25, 0.3) is 0 Å². The van der Waals surface area contributed by atoms with Crippen molar-refractivity contribution >= 4 is 0 Å². The zero-order valence-electron chi connectivity index (χ0n) is 9.86. The molecule has 0 unspecified atom stereocenters. The van der Waals surface area contributed by atoms with Gasteiger partial charge in [-0.1, -0.05) is 37.3 Å². The lowest BCUT2D eigenvalue weighted by Gasteiger charge is -2.22. The number of ether oxygens (including phenoxy) is 1. The van der Waals surface area contributed by atoms with E-state index in [0.29, 0.717) is 18.7 Å². The number of hydrogen-bond donors (Lipinski definition) is 1. The first kappa shape index (κ1) is 12.2. The van der Waals surface area contributed by atoms with E-state index in [0.717, 1.165) is 6.42 Å². The van der Waals surface area contributed by atoms with Crippen LogP contribution in [0.4, 0.5) is 0 Å². The fraction of sp³-hybridized carbons (Fsp3) is 0.538. The van der Waals surface area contributed by atoms with Crippen LogP contribution in [0.1, 0.15) is 31.9 Å². The number of rotatable bonds is 6. The van der Waals surface area contributed by atoms with E-state index < -0.39 is 0 Å². The third kappa shape index (κ3) is 4.02. The molecule has 84 valence electrons. The first-order valence-corrected chi connectivity index (χ1v) is 5.57. The fourth-order valence-corrected chi connectivity index (χ4v) is 1.55. The van der Waals surface area contributed by atoms with Crippen LogP contribution in [-0.2, 0) is 4.74 Å². The summed E-state index contributed by atoms with van der Waals surface area (Å²) in [4.78, 5) is 0. The Morgan fingerprint density at radius 2 is 1.93 bits per heavy atom. The second-order valence-electron chi connectivity index (χ2n) is 3.89. The van der Waals surface area contributed by atoms with Crippen molar-refractivity contribution in [1.82, 2.24) is 5.32 Å². The van der Waals surface area contributed by atoms with E-state index in [2.05, 4.69) is 43.4 Å². The summed E-state index contributed by atoms with van der Waals surface area (Å²) in [5.74, 6) is 0. The van der Waals surface area contributed by atoms with Crippen LogP contribution in [0.2, 0.25) is 0 Å². The lowest BCUT2D eigenvalue weighted by atomic mass is 10.1. The first-order valence-electron chi connectivity index (χ1n) is 5.57. The van der Waals surface area contributed by atoms with E-state index >= 15 is 0 Å². The summed E-state index contributed by atoms with van der Waals surface area (Å²) in [6.07, 6.45) is 1.13. The third-order valence-corrected chi connectivity index (χ3v) is 2.63. The highest BCUT2D eigenvalue weighted by Crippen LogP contribution is 2.13. The summed E-state index contributed by atoms with van der Waals surface area (Å²) in [6, 6.07) is 11.3. The summed E-state index contributed by atoms with van der Waals surface area (Å²) in [7, 11) is 1.74. The van der Waals surface area contributed by atoms with Crippen molar-refractivity contribution in [3.05, 3.63) is 35.9 Å². The van der Waals surface area contributed by atoms with Crippen molar-refractivity contribution in [1.29, 1.82) is 0 Å². The minimum atomic E-state index is 0.297. The topological polar surface area (TPSA) is 21.3 Å². The third-order valence-electron chi connectivity index (χ3n) is 2.63. The van der Waals surface area contributed by atoms with Crippen LogP contribution < -0.4 is 5.32 Å². The number of methoxy groups -OCH3 is 1. The smallest absolute Gasteiger partial charge is 0.0657 e. The van der Waals surface area contributed by atoms with Gasteiger partial charge in [0.1, 0.15) is 0 Å². The Morgan fingerprint density at radius 1 is 1.27 bits per heavy atom. The van der Waals surface area contributed by atoms with Crippen LogP contribution in [0, 0.1) is 0 Å². The molecule has 0 aliphatic heterocycles. The van der Waals surface area contributed by atoms with E-state index in [1.165, 1.54) is 5.56 Å². The van der Waals surface area contributed by atoms with Gasteiger partial charge in [-0.15, -0.1) is 0 Å². The van der Waals surface area contributed by atoms with Gasteiger partial charge in [-0.3, -0.25) is 0 Å². The molecule has 0 bridgehead atoms. The molecule has 0 spiro atoms. The van der Waals surface area contributed by atoms with Crippen molar-refractivity contribution in [3.8, 4) is 0 Å². The van der Waals surface area contributed by atoms with Gasteiger partial charge in [0.2, 0.25) is 0 Å². The van der Waals surface area contributed by atoms with Gasteiger partial charge < -0.3 is 10.1 Å². The van der Waals surface area contributed by atoms with Gasteiger partial charge in [0.15, 0.2) is 0 Å². The zero-order chi connectivity index (χ0) is 11.1. The molecule has 0 saturated carbocycles. The van der Waals surface area contributed by atoms with Gasteiger partial charge in [0.05, 0.1) is 12.6 Å². The molecule has 0 saturated heterocycles. The van der Waals surface area contributed by atoms with Crippen molar-refractivity contribution < 1.29 is 4.74 Å². The maximum atomic E-state index is 5.24. The molecule has 2 atom stereocenters. The number of nitrogens with one attached hydrogen (secondary N) is 1. The van der Waals surface area contributed by atoms with Gasteiger partial charge in [-0.2, -0.15) is 0 Å². The molecule has 0 amide bonds. The predicted molar refractivity (Wildman–Crippen MR) is 63.9 cm³/mol. The van der Waals surface area contributed by atoms with Crippen LogP contribution in [-0.4, -0.2) is 19.8 Å². The first-order chi connectivity index (χ1) is 7.27. The molecule has 0 aliphatic carbocycles. The summed E-state index contributed by atoms with van der Waals surface area (Å²) in [5.41, 5.74) is 1.29. The Morgan fingerprint density at radius 3 is 2.47 bits per heavy atom. The quantitative estimate of drug-likeness (QED) is 0.774. The van der Waals surface area contributed by atoms with Crippen LogP contribution in [0.25, 0.3) is 0 Å². The average Bonchev–Trinajstić information content (AvgIpc) is 2.29. The second kappa shape index (κ2) is 6.59. The van der Waals surface area contributed by atoms with Gasteiger partial charge in [0, 0.05) is 13.2 Å². The molecule has 0 heterocycles. The van der Waals surface area contributed by atoms with Crippen LogP contribution in [0.3, 0.4) is 0 Å². The Labute approximate surface area is 92.6 Å². The monoisotopic (exact) mass is 207 g/mol. The van der Waals surface area contributed by atoms with Crippen molar-refractivity contribution in [2.75, 3.05) is 13.7 Å². The maximum absolute atomic E-state index is 5.24. The Bertz CT molecular complexity index is 260. The molecule has 15 heavy (non-hydrogen) atoms. The predicted octanol–water partition coefficient (Wildman–Crippen LogP) is 2.76. The second-order valence-corrected chi connectivity index (χ2v) is 3.89. The minimum Gasteiger partial charge on any atom is -0.383 e. The molecular formula is C13H21NO. The lowest BCUT2D eigenvalue weighted by molar-refractivity contribution is 0.161. The standard InChI is InChI=1S/C13H21NO/c1-4-11(2)14-13(10-15-3)12-8-6-5-7-9-12/h5-9,11,13-14H,4,10H2,1-3H3/t11-,13+/m1/s1. The average molecular weight is 207 g/mol. The van der Waals surface area contributed by atoms with E-state index in [1.54, 1.807) is 7.11 Å². The zero-order valence-corrected chi connectivity index (χ0v) is 9.86. The Hall–Kier alpha value is -0.860. The highest BCUT2D eigenvalue weighted by atomic mass is 16.5. The molecule has 1 aromatic rings. The lowest BCUT2D eigenvalue weighted by Crippen LogP contribution is -2.32. The normalized spacial score (nSPS) is 14.9. The van der Waals surface area contributed by atoms with Crippen molar-refractivity contribution in [2.45, 2.75) is 32.4 Å². The molecule has 0 aromatic heterocycles. The van der Waals surface area contributed by atoms with Gasteiger partial charge >= 0.3 is 0 Å². The molecule has 0 aliphatic rings. The minimum absolute atomic E-state index is 0.297. The Balaban J connectivity index is 2.65. The van der Waals surface area contributed by atoms with Crippen molar-refractivity contribution in [2.24, 2.45) is 0 Å². The van der Waals surface area contributed by atoms with Gasteiger partial charge in [-0.05, 0) is 18.9 Å². The van der Waals surface area contributed by atoms with Crippen LogP contribution in [0.5, 0.6) is 0 Å². The summed E-state index contributed by atoms with van der Waals surface area (Å²) in [5, 5.41) is 3.56.